The van der Waals surface area contributed by atoms with E-state index >= 15 is 0 Å². The maximum atomic E-state index is 6.48. The number of benzene rings is 2. The van der Waals surface area contributed by atoms with Crippen molar-refractivity contribution >= 4 is 28.8 Å². The van der Waals surface area contributed by atoms with Gasteiger partial charge in [0.15, 0.2) is 11.5 Å². The summed E-state index contributed by atoms with van der Waals surface area (Å²) in [7, 11) is 3.97. The number of hydrogen-bond acceptors (Lipinski definition) is 4. The molecule has 0 saturated heterocycles. The molecular weight excluding hydrogens is 381 g/mol. The van der Waals surface area contributed by atoms with Gasteiger partial charge in [-0.25, -0.2) is 0 Å². The molecule has 4 rings (SSSR count). The Labute approximate surface area is 167 Å². The largest absolute Gasteiger partial charge is 0.302 e. The van der Waals surface area contributed by atoms with Crippen LogP contribution in [0.25, 0.3) is 28.0 Å². The van der Waals surface area contributed by atoms with Gasteiger partial charge in [0.25, 0.3) is 0 Å². The fourth-order valence-electron chi connectivity index (χ4n) is 2.96. The van der Waals surface area contributed by atoms with Crippen LogP contribution in [0.5, 0.6) is 0 Å². The van der Waals surface area contributed by atoms with E-state index in [1.807, 2.05) is 73.6 Å². The average Bonchev–Trinajstić information content (AvgIpc) is 3.03. The van der Waals surface area contributed by atoms with Crippen LogP contribution in [0.3, 0.4) is 0 Å². The van der Waals surface area contributed by atoms with Gasteiger partial charge < -0.3 is 4.90 Å². The van der Waals surface area contributed by atoms with Crippen molar-refractivity contribution < 1.29 is 0 Å². The van der Waals surface area contributed by atoms with E-state index in [2.05, 4.69) is 10.2 Å². The van der Waals surface area contributed by atoms with Crippen LogP contribution in [0.1, 0.15) is 5.82 Å². The lowest BCUT2D eigenvalue weighted by Gasteiger charge is -2.13. The average molecular weight is 398 g/mol. The van der Waals surface area contributed by atoms with E-state index in [4.69, 9.17) is 28.3 Å². The quantitative estimate of drug-likeness (QED) is 0.494. The van der Waals surface area contributed by atoms with Gasteiger partial charge >= 0.3 is 0 Å². The minimum atomic E-state index is 0.635. The minimum absolute atomic E-state index is 0.635. The number of halogens is 2. The number of hydrogen-bond donors (Lipinski definition) is 0. The first-order valence-electron chi connectivity index (χ1n) is 8.44. The first-order valence-corrected chi connectivity index (χ1v) is 9.19. The summed E-state index contributed by atoms with van der Waals surface area (Å²) in [4.78, 5) is 2.03. The maximum Gasteiger partial charge on any atom is 0.178 e. The van der Waals surface area contributed by atoms with Crippen LogP contribution in [0.15, 0.2) is 54.6 Å². The van der Waals surface area contributed by atoms with E-state index in [9.17, 15) is 0 Å². The fourth-order valence-corrected chi connectivity index (χ4v) is 3.31. The van der Waals surface area contributed by atoms with Gasteiger partial charge in [0.05, 0.1) is 11.6 Å². The second-order valence-electron chi connectivity index (χ2n) is 6.52. The number of rotatable bonds is 4. The van der Waals surface area contributed by atoms with Crippen LogP contribution >= 0.6 is 23.2 Å². The van der Waals surface area contributed by atoms with Crippen molar-refractivity contribution in [2.24, 2.45) is 0 Å². The second kappa shape index (κ2) is 7.27. The summed E-state index contributed by atoms with van der Waals surface area (Å²) in [6.07, 6.45) is 0. The summed E-state index contributed by atoms with van der Waals surface area (Å²) in [5.74, 6) is 0.769. The number of aromatic nitrogens is 4. The molecule has 0 spiro atoms. The highest BCUT2D eigenvalue weighted by Gasteiger charge is 2.17. The Morgan fingerprint density at radius 3 is 2.37 bits per heavy atom. The Balaban J connectivity index is 1.99. The SMILES string of the molecule is CN(C)Cc1nnc2cc(-c3ccc(Cl)cc3)c(-c3ccccc3Cl)nn12. The van der Waals surface area contributed by atoms with E-state index in [0.717, 1.165) is 28.2 Å². The molecule has 0 saturated carbocycles. The molecule has 2 heterocycles. The van der Waals surface area contributed by atoms with Gasteiger partial charge in [-0.15, -0.1) is 10.2 Å². The molecule has 0 atom stereocenters. The smallest absolute Gasteiger partial charge is 0.178 e. The number of nitrogens with zero attached hydrogens (tertiary/aromatic N) is 5. The highest BCUT2D eigenvalue weighted by atomic mass is 35.5. The van der Waals surface area contributed by atoms with Crippen molar-refractivity contribution in [3.63, 3.8) is 0 Å². The Morgan fingerprint density at radius 2 is 1.67 bits per heavy atom. The summed E-state index contributed by atoms with van der Waals surface area (Å²) in [6, 6.07) is 17.3. The Bertz CT molecular complexity index is 1100. The molecule has 27 heavy (non-hydrogen) atoms. The third kappa shape index (κ3) is 3.54. The Kier molecular flexibility index (Phi) is 4.83. The third-order valence-corrected chi connectivity index (χ3v) is 4.78. The number of fused-ring (bicyclic) bond motifs is 1. The lowest BCUT2D eigenvalue weighted by atomic mass is 10.00. The highest BCUT2D eigenvalue weighted by molar-refractivity contribution is 6.33. The molecule has 0 unspecified atom stereocenters. The van der Waals surface area contributed by atoms with Gasteiger partial charge in [0.1, 0.15) is 5.69 Å². The molecule has 2 aromatic heterocycles. The lowest BCUT2D eigenvalue weighted by Crippen LogP contribution is -2.14. The molecular formula is C20H17Cl2N5. The van der Waals surface area contributed by atoms with Crippen LogP contribution in [0, 0.1) is 0 Å². The van der Waals surface area contributed by atoms with Gasteiger partial charge in [-0.05, 0) is 43.9 Å². The van der Waals surface area contributed by atoms with Crippen molar-refractivity contribution in [3.8, 4) is 22.4 Å². The summed E-state index contributed by atoms with van der Waals surface area (Å²) in [5, 5.41) is 14.8. The molecule has 0 fully saturated rings. The van der Waals surface area contributed by atoms with E-state index in [1.54, 1.807) is 4.52 Å². The van der Waals surface area contributed by atoms with E-state index < -0.39 is 0 Å². The summed E-state index contributed by atoms with van der Waals surface area (Å²) >= 11 is 12.5. The highest BCUT2D eigenvalue weighted by Crippen LogP contribution is 2.35. The van der Waals surface area contributed by atoms with Gasteiger partial charge in [0, 0.05) is 16.1 Å². The van der Waals surface area contributed by atoms with Crippen molar-refractivity contribution in [1.29, 1.82) is 0 Å². The molecule has 7 heteroatoms. The molecule has 0 amide bonds. The summed E-state index contributed by atoms with van der Waals surface area (Å²) < 4.78 is 1.78. The predicted molar refractivity (Wildman–Crippen MR) is 109 cm³/mol. The first-order chi connectivity index (χ1) is 13.0. The van der Waals surface area contributed by atoms with Crippen LogP contribution in [-0.2, 0) is 6.54 Å². The van der Waals surface area contributed by atoms with E-state index in [1.165, 1.54) is 0 Å². The molecule has 5 nitrogen and oxygen atoms in total. The molecule has 2 aromatic carbocycles. The molecule has 0 aliphatic carbocycles. The van der Waals surface area contributed by atoms with Gasteiger partial charge in [-0.2, -0.15) is 9.61 Å². The van der Waals surface area contributed by atoms with Crippen LogP contribution in [0.4, 0.5) is 0 Å². The van der Waals surface area contributed by atoms with Gasteiger partial charge in [0.2, 0.25) is 0 Å². The van der Waals surface area contributed by atoms with Crippen LogP contribution < -0.4 is 0 Å². The standard InChI is InChI=1S/C20H17Cl2N5/c1-26(2)12-19-24-23-18-11-16(13-7-9-14(21)10-8-13)20(25-27(18)19)15-5-3-4-6-17(15)22/h3-11H,12H2,1-2H3. The lowest BCUT2D eigenvalue weighted by molar-refractivity contribution is 0.386. The molecule has 0 N–H and O–H groups in total. The molecule has 0 aliphatic heterocycles. The Morgan fingerprint density at radius 1 is 0.926 bits per heavy atom. The van der Waals surface area contributed by atoms with Crippen molar-refractivity contribution in [2.75, 3.05) is 14.1 Å². The first kappa shape index (κ1) is 17.9. The van der Waals surface area contributed by atoms with E-state index in [0.29, 0.717) is 22.2 Å². The molecule has 0 radical (unpaired) electrons. The van der Waals surface area contributed by atoms with Crippen LogP contribution in [0.2, 0.25) is 10.0 Å². The van der Waals surface area contributed by atoms with Crippen molar-refractivity contribution in [1.82, 2.24) is 24.7 Å². The van der Waals surface area contributed by atoms with Crippen molar-refractivity contribution in [3.05, 3.63) is 70.5 Å². The zero-order valence-corrected chi connectivity index (χ0v) is 16.4. The maximum absolute atomic E-state index is 6.48. The molecule has 136 valence electrons. The topological polar surface area (TPSA) is 46.3 Å². The van der Waals surface area contributed by atoms with Gasteiger partial charge in [-0.1, -0.05) is 53.5 Å². The zero-order valence-electron chi connectivity index (χ0n) is 14.9. The third-order valence-electron chi connectivity index (χ3n) is 4.20. The fraction of sp³-hybridized carbons (Fsp3) is 0.150. The Hall–Kier alpha value is -2.47. The summed E-state index contributed by atoms with van der Waals surface area (Å²) in [6.45, 7) is 0.635. The second-order valence-corrected chi connectivity index (χ2v) is 7.36. The van der Waals surface area contributed by atoms with Crippen molar-refractivity contribution in [2.45, 2.75) is 6.54 Å². The molecule has 0 bridgehead atoms. The normalized spacial score (nSPS) is 11.4. The summed E-state index contributed by atoms with van der Waals surface area (Å²) in [5.41, 5.74) is 4.23. The van der Waals surface area contributed by atoms with Crippen LogP contribution in [-0.4, -0.2) is 38.8 Å². The van der Waals surface area contributed by atoms with E-state index in [-0.39, 0.29) is 0 Å². The monoisotopic (exact) mass is 397 g/mol. The van der Waals surface area contributed by atoms with Gasteiger partial charge in [-0.3, -0.25) is 0 Å². The molecule has 4 aromatic rings. The predicted octanol–water partition coefficient (Wildman–Crippen LogP) is 4.83. The zero-order chi connectivity index (χ0) is 19.0. The minimum Gasteiger partial charge on any atom is -0.302 e. The molecule has 0 aliphatic rings.